The summed E-state index contributed by atoms with van der Waals surface area (Å²) in [6.45, 7) is 4.91. The molecule has 0 aliphatic carbocycles. The summed E-state index contributed by atoms with van der Waals surface area (Å²) >= 11 is 0. The van der Waals surface area contributed by atoms with E-state index in [4.69, 9.17) is 5.73 Å². The number of aryl methyl sites for hydroxylation is 2. The summed E-state index contributed by atoms with van der Waals surface area (Å²) in [4.78, 5) is 29.6. The third-order valence-corrected chi connectivity index (χ3v) is 3.64. The molecule has 0 bridgehead atoms. The van der Waals surface area contributed by atoms with Crippen molar-refractivity contribution in [2.75, 3.05) is 13.1 Å². The van der Waals surface area contributed by atoms with Crippen LogP contribution in [0, 0.1) is 19.8 Å². The first kappa shape index (κ1) is 13.5. The van der Waals surface area contributed by atoms with Crippen molar-refractivity contribution >= 4 is 11.8 Å². The number of nitrogens with zero attached hydrogens (tertiary/aromatic N) is 2. The van der Waals surface area contributed by atoms with Crippen molar-refractivity contribution in [3.8, 4) is 0 Å². The number of hydrogen-bond donors (Lipinski definition) is 1. The van der Waals surface area contributed by atoms with Gasteiger partial charge in [-0.15, -0.1) is 0 Å². The minimum Gasteiger partial charge on any atom is -0.369 e. The topological polar surface area (TPSA) is 76.3 Å². The van der Waals surface area contributed by atoms with E-state index >= 15 is 0 Å². The molecule has 1 aromatic heterocycles. The molecule has 5 heteroatoms. The van der Waals surface area contributed by atoms with E-state index in [1.807, 2.05) is 26.0 Å². The van der Waals surface area contributed by atoms with E-state index in [1.54, 1.807) is 4.90 Å². The molecule has 2 rings (SSSR count). The molecule has 102 valence electrons. The largest absolute Gasteiger partial charge is 0.369 e. The molecule has 19 heavy (non-hydrogen) atoms. The Balaban J connectivity index is 2.07. The summed E-state index contributed by atoms with van der Waals surface area (Å²) in [5, 5.41) is 0. The highest BCUT2D eigenvalue weighted by Gasteiger charge is 2.27. The first-order valence-corrected chi connectivity index (χ1v) is 6.52. The zero-order valence-corrected chi connectivity index (χ0v) is 11.3. The Morgan fingerprint density at radius 1 is 1.26 bits per heavy atom. The summed E-state index contributed by atoms with van der Waals surface area (Å²) in [7, 11) is 0. The zero-order valence-electron chi connectivity index (χ0n) is 11.3. The Morgan fingerprint density at radius 3 is 2.42 bits per heavy atom. The number of aromatic nitrogens is 1. The Labute approximate surface area is 112 Å². The summed E-state index contributed by atoms with van der Waals surface area (Å²) in [6.07, 6.45) is 1.30. The van der Waals surface area contributed by atoms with Gasteiger partial charge in [-0.2, -0.15) is 0 Å². The molecular weight excluding hydrogens is 242 g/mol. The van der Waals surface area contributed by atoms with E-state index in [9.17, 15) is 9.59 Å². The van der Waals surface area contributed by atoms with Gasteiger partial charge in [-0.25, -0.2) is 0 Å². The second-order valence-corrected chi connectivity index (χ2v) is 5.05. The monoisotopic (exact) mass is 261 g/mol. The number of primary amides is 1. The molecule has 0 saturated carbocycles. The number of likely N-dealkylation sites (tertiary alicyclic amines) is 1. The highest BCUT2D eigenvalue weighted by atomic mass is 16.2. The molecule has 1 fully saturated rings. The second kappa shape index (κ2) is 5.38. The highest BCUT2D eigenvalue weighted by molar-refractivity contribution is 5.95. The van der Waals surface area contributed by atoms with Gasteiger partial charge in [-0.05, 0) is 38.8 Å². The van der Waals surface area contributed by atoms with Gasteiger partial charge in [0.25, 0.3) is 5.91 Å². The molecule has 1 aliphatic heterocycles. The number of rotatable bonds is 2. The predicted octanol–water partition coefficient (Wildman–Crippen LogP) is 1.04. The van der Waals surface area contributed by atoms with Crippen LogP contribution in [0.25, 0.3) is 0 Å². The molecule has 0 radical (unpaired) electrons. The molecule has 0 aromatic carbocycles. The Morgan fingerprint density at radius 2 is 1.89 bits per heavy atom. The maximum absolute atomic E-state index is 12.4. The lowest BCUT2D eigenvalue weighted by molar-refractivity contribution is -0.123. The number of amides is 2. The fourth-order valence-corrected chi connectivity index (χ4v) is 2.45. The van der Waals surface area contributed by atoms with E-state index in [1.165, 1.54) is 0 Å². The molecule has 0 spiro atoms. The van der Waals surface area contributed by atoms with Crippen LogP contribution in [0.2, 0.25) is 0 Å². The molecular formula is C14H19N3O2. The van der Waals surface area contributed by atoms with Crippen molar-refractivity contribution in [3.05, 3.63) is 29.1 Å². The first-order chi connectivity index (χ1) is 8.99. The number of carbonyl (C=O) groups is 2. The van der Waals surface area contributed by atoms with Crippen molar-refractivity contribution in [2.45, 2.75) is 26.7 Å². The molecule has 5 nitrogen and oxygen atoms in total. The average molecular weight is 261 g/mol. The Bertz CT molecular complexity index is 505. The minimum atomic E-state index is -0.264. The van der Waals surface area contributed by atoms with Crippen LogP contribution in [0.1, 0.15) is 34.6 Å². The first-order valence-electron chi connectivity index (χ1n) is 6.52. The molecule has 2 N–H and O–H groups in total. The Kier molecular flexibility index (Phi) is 3.83. The average Bonchev–Trinajstić information content (AvgIpc) is 2.38. The van der Waals surface area contributed by atoms with Gasteiger partial charge in [0.05, 0.1) is 11.3 Å². The van der Waals surface area contributed by atoms with E-state index in [0.717, 1.165) is 11.4 Å². The van der Waals surface area contributed by atoms with Gasteiger partial charge in [-0.3, -0.25) is 14.6 Å². The number of piperidine rings is 1. The fraction of sp³-hybridized carbons (Fsp3) is 0.500. The molecule has 1 saturated heterocycles. The van der Waals surface area contributed by atoms with Crippen LogP contribution in [0.5, 0.6) is 0 Å². The summed E-state index contributed by atoms with van der Waals surface area (Å²) in [6, 6.07) is 3.66. The van der Waals surface area contributed by atoms with Crippen LogP contribution in [-0.4, -0.2) is 34.8 Å². The van der Waals surface area contributed by atoms with Gasteiger partial charge in [0.2, 0.25) is 5.91 Å². The van der Waals surface area contributed by atoms with Gasteiger partial charge in [0, 0.05) is 24.7 Å². The van der Waals surface area contributed by atoms with E-state index in [0.29, 0.717) is 31.5 Å². The third kappa shape index (κ3) is 2.92. The van der Waals surface area contributed by atoms with Gasteiger partial charge in [-0.1, -0.05) is 0 Å². The molecule has 1 aliphatic rings. The fourth-order valence-electron chi connectivity index (χ4n) is 2.45. The molecule has 1 aromatic rings. The molecule has 2 amide bonds. The zero-order chi connectivity index (χ0) is 14.0. The quantitative estimate of drug-likeness (QED) is 0.864. The number of hydrogen-bond acceptors (Lipinski definition) is 3. The summed E-state index contributed by atoms with van der Waals surface area (Å²) < 4.78 is 0. The van der Waals surface area contributed by atoms with Crippen molar-refractivity contribution < 1.29 is 9.59 Å². The lowest BCUT2D eigenvalue weighted by atomic mass is 9.96. The number of nitrogens with two attached hydrogens (primary N) is 1. The number of pyridine rings is 1. The van der Waals surface area contributed by atoms with Crippen molar-refractivity contribution in [1.29, 1.82) is 0 Å². The number of carbonyl (C=O) groups excluding carboxylic acids is 2. The third-order valence-electron chi connectivity index (χ3n) is 3.64. The van der Waals surface area contributed by atoms with Gasteiger partial charge in [0.15, 0.2) is 0 Å². The van der Waals surface area contributed by atoms with Crippen LogP contribution < -0.4 is 5.73 Å². The van der Waals surface area contributed by atoms with Crippen LogP contribution in [0.3, 0.4) is 0 Å². The normalized spacial score (nSPS) is 16.4. The van der Waals surface area contributed by atoms with Gasteiger partial charge in [0.1, 0.15) is 0 Å². The maximum atomic E-state index is 12.4. The predicted molar refractivity (Wildman–Crippen MR) is 71.5 cm³/mol. The molecule has 2 heterocycles. The summed E-state index contributed by atoms with van der Waals surface area (Å²) in [5.41, 5.74) is 7.59. The molecule has 0 unspecified atom stereocenters. The highest BCUT2D eigenvalue weighted by Crippen LogP contribution is 2.19. The van der Waals surface area contributed by atoms with Crippen LogP contribution in [0.15, 0.2) is 12.1 Å². The van der Waals surface area contributed by atoms with Crippen LogP contribution >= 0.6 is 0 Å². The van der Waals surface area contributed by atoms with Crippen molar-refractivity contribution in [3.63, 3.8) is 0 Å². The Hall–Kier alpha value is -1.91. The molecule has 0 atom stereocenters. The van der Waals surface area contributed by atoms with E-state index in [-0.39, 0.29) is 17.7 Å². The van der Waals surface area contributed by atoms with Crippen LogP contribution in [0.4, 0.5) is 0 Å². The van der Waals surface area contributed by atoms with E-state index in [2.05, 4.69) is 4.98 Å². The van der Waals surface area contributed by atoms with Gasteiger partial charge < -0.3 is 10.6 Å². The SMILES string of the molecule is Cc1ccc(C(=O)N2CCC(C(N)=O)CC2)c(C)n1. The minimum absolute atomic E-state index is 0.00656. The van der Waals surface area contributed by atoms with Crippen molar-refractivity contribution in [1.82, 2.24) is 9.88 Å². The van der Waals surface area contributed by atoms with Crippen molar-refractivity contribution in [2.24, 2.45) is 11.7 Å². The van der Waals surface area contributed by atoms with Crippen LogP contribution in [-0.2, 0) is 4.79 Å². The van der Waals surface area contributed by atoms with E-state index < -0.39 is 0 Å². The van der Waals surface area contributed by atoms with Gasteiger partial charge >= 0.3 is 0 Å². The lowest BCUT2D eigenvalue weighted by Gasteiger charge is -2.30. The second-order valence-electron chi connectivity index (χ2n) is 5.05. The summed E-state index contributed by atoms with van der Waals surface area (Å²) in [5.74, 6) is -0.366. The maximum Gasteiger partial charge on any atom is 0.255 e. The smallest absolute Gasteiger partial charge is 0.255 e. The lowest BCUT2D eigenvalue weighted by Crippen LogP contribution is -2.42. The standard InChI is InChI=1S/C14H19N3O2/c1-9-3-4-12(10(2)16-9)14(19)17-7-5-11(6-8-17)13(15)18/h3-4,11H,5-8H2,1-2H3,(H2,15,18).